The zero-order valence-electron chi connectivity index (χ0n) is 9.23. The zero-order valence-corrected chi connectivity index (χ0v) is 9.23. The maximum atomic E-state index is 5.28. The lowest BCUT2D eigenvalue weighted by Gasteiger charge is -2.09. The molecule has 0 spiro atoms. The van der Waals surface area contributed by atoms with Crippen LogP contribution in [-0.4, -0.2) is 7.11 Å². The lowest BCUT2D eigenvalue weighted by atomic mass is 10.2. The molecule has 0 bridgehead atoms. The van der Waals surface area contributed by atoms with Crippen molar-refractivity contribution >= 4 is 5.69 Å². The molecule has 0 amide bonds. The summed E-state index contributed by atoms with van der Waals surface area (Å²) >= 11 is 0. The quantitative estimate of drug-likeness (QED) is 0.840. The second-order valence-corrected chi connectivity index (χ2v) is 3.44. The van der Waals surface area contributed by atoms with Gasteiger partial charge in [-0.2, -0.15) is 0 Å². The lowest BCUT2D eigenvalue weighted by molar-refractivity contribution is 0.410. The van der Waals surface area contributed by atoms with Crippen molar-refractivity contribution < 1.29 is 4.74 Å². The van der Waals surface area contributed by atoms with E-state index in [1.165, 1.54) is 0 Å². The summed E-state index contributed by atoms with van der Waals surface area (Å²) in [6.45, 7) is 0.741. The van der Waals surface area contributed by atoms with E-state index in [-0.39, 0.29) is 0 Å². The topological polar surface area (TPSA) is 21.3 Å². The minimum atomic E-state index is 0.741. The Morgan fingerprint density at radius 3 is 2.69 bits per heavy atom. The van der Waals surface area contributed by atoms with Gasteiger partial charge < -0.3 is 10.1 Å². The van der Waals surface area contributed by atoms with E-state index in [1.54, 1.807) is 7.11 Å². The van der Waals surface area contributed by atoms with Crippen molar-refractivity contribution in [2.75, 3.05) is 12.4 Å². The largest absolute Gasteiger partial charge is 0.496 e. The highest BCUT2D eigenvalue weighted by molar-refractivity contribution is 5.43. The van der Waals surface area contributed by atoms with Crippen molar-refractivity contribution in [3.05, 3.63) is 60.2 Å². The average molecular weight is 212 g/mol. The van der Waals surface area contributed by atoms with Crippen LogP contribution >= 0.6 is 0 Å². The van der Waals surface area contributed by atoms with E-state index < -0.39 is 0 Å². The number of hydrogen-bond donors (Lipinski definition) is 1. The first kappa shape index (κ1) is 10.6. The third kappa shape index (κ3) is 2.54. The third-order valence-electron chi connectivity index (χ3n) is 2.37. The molecule has 2 heteroatoms. The van der Waals surface area contributed by atoms with Gasteiger partial charge in [-0.05, 0) is 12.1 Å². The number of hydrogen-bond acceptors (Lipinski definition) is 2. The van der Waals surface area contributed by atoms with Gasteiger partial charge >= 0.3 is 0 Å². The minimum absolute atomic E-state index is 0.741. The van der Waals surface area contributed by atoms with E-state index >= 15 is 0 Å². The van der Waals surface area contributed by atoms with Gasteiger partial charge in [-0.15, -0.1) is 0 Å². The number of para-hydroxylation sites is 2. The van der Waals surface area contributed by atoms with Gasteiger partial charge in [0.05, 0.1) is 7.11 Å². The molecule has 0 aliphatic rings. The Labute approximate surface area is 95.9 Å². The first-order valence-electron chi connectivity index (χ1n) is 5.22. The minimum Gasteiger partial charge on any atom is -0.496 e. The fourth-order valence-electron chi connectivity index (χ4n) is 1.54. The first-order chi connectivity index (χ1) is 7.90. The molecule has 16 heavy (non-hydrogen) atoms. The van der Waals surface area contributed by atoms with Crippen LogP contribution in [0.4, 0.5) is 5.69 Å². The van der Waals surface area contributed by atoms with Crippen molar-refractivity contribution in [1.82, 2.24) is 0 Å². The van der Waals surface area contributed by atoms with Crippen LogP contribution in [0.1, 0.15) is 5.56 Å². The SMILES string of the molecule is COc1ccccc1CNc1[c]cccc1. The monoisotopic (exact) mass is 212 g/mol. The molecule has 1 N–H and O–H groups in total. The normalized spacial score (nSPS) is 9.81. The molecule has 0 unspecified atom stereocenters. The highest BCUT2D eigenvalue weighted by atomic mass is 16.5. The van der Waals surface area contributed by atoms with Gasteiger partial charge in [0.25, 0.3) is 0 Å². The van der Waals surface area contributed by atoms with Crippen LogP contribution in [0.15, 0.2) is 48.5 Å². The van der Waals surface area contributed by atoms with Crippen molar-refractivity contribution in [3.63, 3.8) is 0 Å². The van der Waals surface area contributed by atoms with Gasteiger partial charge in [0, 0.05) is 23.9 Å². The number of ether oxygens (including phenoxy) is 1. The Bertz CT molecular complexity index is 439. The van der Waals surface area contributed by atoms with E-state index in [0.717, 1.165) is 23.5 Å². The Morgan fingerprint density at radius 1 is 1.12 bits per heavy atom. The second kappa shape index (κ2) is 5.21. The molecule has 0 saturated heterocycles. The predicted octanol–water partition coefficient (Wildman–Crippen LogP) is 3.11. The Kier molecular flexibility index (Phi) is 3.44. The van der Waals surface area contributed by atoms with Crippen molar-refractivity contribution in [2.24, 2.45) is 0 Å². The van der Waals surface area contributed by atoms with Crippen molar-refractivity contribution in [2.45, 2.75) is 6.54 Å². The van der Waals surface area contributed by atoms with Gasteiger partial charge in [-0.25, -0.2) is 0 Å². The van der Waals surface area contributed by atoms with Crippen LogP contribution in [-0.2, 0) is 6.54 Å². The molecule has 1 radical (unpaired) electrons. The fourth-order valence-corrected chi connectivity index (χ4v) is 1.54. The molecule has 2 rings (SSSR count). The van der Waals surface area contributed by atoms with Gasteiger partial charge in [-0.3, -0.25) is 0 Å². The highest BCUT2D eigenvalue weighted by Gasteiger charge is 2.00. The van der Waals surface area contributed by atoms with Gasteiger partial charge in [0.15, 0.2) is 0 Å². The van der Waals surface area contributed by atoms with Crippen LogP contribution in [0, 0.1) is 6.07 Å². The Hall–Kier alpha value is -1.96. The molecule has 81 valence electrons. The summed E-state index contributed by atoms with van der Waals surface area (Å²) in [6.07, 6.45) is 0. The molecule has 2 nitrogen and oxygen atoms in total. The third-order valence-corrected chi connectivity index (χ3v) is 2.37. The molecule has 0 atom stereocenters. The van der Waals surface area contributed by atoms with Crippen LogP contribution in [0.2, 0.25) is 0 Å². The van der Waals surface area contributed by atoms with Crippen LogP contribution in [0.25, 0.3) is 0 Å². The van der Waals surface area contributed by atoms with E-state index in [1.807, 2.05) is 42.5 Å². The highest BCUT2D eigenvalue weighted by Crippen LogP contribution is 2.18. The molecule has 0 heterocycles. The van der Waals surface area contributed by atoms with Gasteiger partial charge in [0.1, 0.15) is 5.75 Å². The lowest BCUT2D eigenvalue weighted by Crippen LogP contribution is -2.01. The molecule has 0 saturated carbocycles. The average Bonchev–Trinajstić information content (AvgIpc) is 2.38. The molecule has 0 aromatic heterocycles. The van der Waals surface area contributed by atoms with E-state index in [9.17, 15) is 0 Å². The summed E-state index contributed by atoms with van der Waals surface area (Å²) in [5, 5.41) is 3.30. The van der Waals surface area contributed by atoms with E-state index in [0.29, 0.717) is 0 Å². The molecule has 0 fully saturated rings. The zero-order chi connectivity index (χ0) is 11.2. The van der Waals surface area contributed by atoms with Gasteiger partial charge in [0.2, 0.25) is 0 Å². The summed E-state index contributed by atoms with van der Waals surface area (Å²) in [5.74, 6) is 0.908. The van der Waals surface area contributed by atoms with Crippen molar-refractivity contribution in [3.8, 4) is 5.75 Å². The van der Waals surface area contributed by atoms with E-state index in [2.05, 4.69) is 17.4 Å². The standard InChI is InChI=1S/C14H14NO/c1-16-14-10-6-5-7-12(14)11-15-13-8-3-2-4-9-13/h2-8,10,15H,11H2,1H3. The summed E-state index contributed by atoms with van der Waals surface area (Å²) in [7, 11) is 1.69. The summed E-state index contributed by atoms with van der Waals surface area (Å²) in [4.78, 5) is 0. The maximum absolute atomic E-state index is 5.28. The smallest absolute Gasteiger partial charge is 0.123 e. The van der Waals surface area contributed by atoms with Crippen LogP contribution < -0.4 is 10.1 Å². The number of benzene rings is 2. The predicted molar refractivity (Wildman–Crippen MR) is 65.6 cm³/mol. The Balaban J connectivity index is 2.05. The Morgan fingerprint density at radius 2 is 1.94 bits per heavy atom. The molecular formula is C14H14NO. The van der Waals surface area contributed by atoms with E-state index in [4.69, 9.17) is 4.74 Å². The summed E-state index contributed by atoms with van der Waals surface area (Å²) < 4.78 is 5.28. The molecule has 0 aliphatic carbocycles. The summed E-state index contributed by atoms with van der Waals surface area (Å²) in [5.41, 5.74) is 2.13. The first-order valence-corrected chi connectivity index (χ1v) is 5.22. The van der Waals surface area contributed by atoms with Crippen LogP contribution in [0.5, 0.6) is 5.75 Å². The number of rotatable bonds is 4. The van der Waals surface area contributed by atoms with Crippen molar-refractivity contribution in [1.29, 1.82) is 0 Å². The number of methoxy groups -OCH3 is 1. The number of anilines is 1. The number of nitrogens with one attached hydrogen (secondary N) is 1. The summed E-state index contributed by atoms with van der Waals surface area (Å²) in [6, 6.07) is 18.9. The molecule has 2 aromatic carbocycles. The van der Waals surface area contributed by atoms with Gasteiger partial charge in [-0.1, -0.05) is 36.4 Å². The van der Waals surface area contributed by atoms with Crippen LogP contribution in [0.3, 0.4) is 0 Å². The molecule has 2 aromatic rings. The molecule has 0 aliphatic heterocycles. The molecular weight excluding hydrogens is 198 g/mol. The maximum Gasteiger partial charge on any atom is 0.123 e. The second-order valence-electron chi connectivity index (χ2n) is 3.44. The fraction of sp³-hybridized carbons (Fsp3) is 0.143.